The minimum atomic E-state index is -4.60. The number of benzene rings is 2. The highest BCUT2D eigenvalue weighted by atomic mass is 35.5. The molecule has 0 saturated heterocycles. The number of amides is 1. The summed E-state index contributed by atoms with van der Waals surface area (Å²) in [5.74, 6) is -1.58. The van der Waals surface area contributed by atoms with Crippen LogP contribution in [-0.2, 0) is 26.9 Å². The van der Waals surface area contributed by atoms with Gasteiger partial charge >= 0.3 is 12.1 Å². The molecule has 0 fully saturated rings. The van der Waals surface area contributed by atoms with Crippen molar-refractivity contribution in [1.29, 1.82) is 0 Å². The van der Waals surface area contributed by atoms with E-state index in [1.807, 2.05) is 0 Å². The molecule has 10 heteroatoms. The SMILES string of the molecule is C[C@H](OC(=O)Cc1ccc(Cl)cc1Cl)C(=O)Nc1cc(C(F)(F)F)ccc1Cl. The maximum Gasteiger partial charge on any atom is 0.416 e. The Morgan fingerprint density at radius 3 is 2.36 bits per heavy atom. The van der Waals surface area contributed by atoms with E-state index < -0.39 is 29.7 Å². The van der Waals surface area contributed by atoms with Crippen LogP contribution in [0.15, 0.2) is 36.4 Å². The van der Waals surface area contributed by atoms with Gasteiger partial charge in [-0.2, -0.15) is 13.2 Å². The van der Waals surface area contributed by atoms with Crippen molar-refractivity contribution >= 4 is 52.4 Å². The van der Waals surface area contributed by atoms with Crippen LogP contribution in [0.3, 0.4) is 0 Å². The molecule has 1 atom stereocenters. The molecule has 150 valence electrons. The zero-order valence-electron chi connectivity index (χ0n) is 14.2. The van der Waals surface area contributed by atoms with Crippen molar-refractivity contribution < 1.29 is 27.5 Å². The molecular weight excluding hydrogens is 442 g/mol. The average molecular weight is 455 g/mol. The molecule has 0 radical (unpaired) electrons. The summed E-state index contributed by atoms with van der Waals surface area (Å²) in [6, 6.07) is 7.04. The summed E-state index contributed by atoms with van der Waals surface area (Å²) in [4.78, 5) is 24.2. The highest BCUT2D eigenvalue weighted by Crippen LogP contribution is 2.34. The number of hydrogen-bond donors (Lipinski definition) is 1. The van der Waals surface area contributed by atoms with Crippen molar-refractivity contribution in [2.24, 2.45) is 0 Å². The fourth-order valence-electron chi connectivity index (χ4n) is 2.14. The quantitative estimate of drug-likeness (QED) is 0.583. The lowest BCUT2D eigenvalue weighted by atomic mass is 10.1. The number of alkyl halides is 3. The number of halogens is 6. The van der Waals surface area contributed by atoms with E-state index in [-0.39, 0.29) is 22.2 Å². The Balaban J connectivity index is 2.02. The van der Waals surface area contributed by atoms with Crippen LogP contribution in [0.5, 0.6) is 0 Å². The number of nitrogens with one attached hydrogen (secondary N) is 1. The maximum absolute atomic E-state index is 12.8. The lowest BCUT2D eigenvalue weighted by Crippen LogP contribution is -2.30. The zero-order chi connectivity index (χ0) is 21.1. The molecular formula is C18H13Cl3F3NO3. The molecule has 0 aliphatic carbocycles. The summed E-state index contributed by atoms with van der Waals surface area (Å²) in [6.45, 7) is 1.28. The van der Waals surface area contributed by atoms with E-state index in [1.165, 1.54) is 13.0 Å². The first-order valence-corrected chi connectivity index (χ1v) is 8.92. The summed E-state index contributed by atoms with van der Waals surface area (Å²) >= 11 is 17.6. The number of carbonyl (C=O) groups excluding carboxylic acids is 2. The Hall–Kier alpha value is -1.96. The first-order valence-electron chi connectivity index (χ1n) is 7.78. The first kappa shape index (κ1) is 22.3. The molecule has 0 bridgehead atoms. The smallest absolute Gasteiger partial charge is 0.416 e. The monoisotopic (exact) mass is 453 g/mol. The highest BCUT2D eigenvalue weighted by Gasteiger charge is 2.31. The van der Waals surface area contributed by atoms with Gasteiger partial charge in [-0.15, -0.1) is 0 Å². The standard InChI is InChI=1S/C18H13Cl3F3NO3/c1-9(28-16(26)6-10-2-4-12(19)8-14(10)21)17(27)25-15-7-11(18(22,23)24)3-5-13(15)20/h2-5,7-9H,6H2,1H3,(H,25,27)/t9-/m0/s1. The molecule has 0 saturated carbocycles. The van der Waals surface area contributed by atoms with Crippen molar-refractivity contribution in [2.75, 3.05) is 5.32 Å². The van der Waals surface area contributed by atoms with Crippen LogP contribution >= 0.6 is 34.8 Å². The van der Waals surface area contributed by atoms with Gasteiger partial charge in [0, 0.05) is 10.0 Å². The molecule has 1 amide bonds. The van der Waals surface area contributed by atoms with Gasteiger partial charge < -0.3 is 10.1 Å². The lowest BCUT2D eigenvalue weighted by Gasteiger charge is -2.16. The fraction of sp³-hybridized carbons (Fsp3) is 0.222. The van der Waals surface area contributed by atoms with Crippen molar-refractivity contribution in [2.45, 2.75) is 25.6 Å². The Kier molecular flexibility index (Phi) is 7.20. The van der Waals surface area contributed by atoms with Crippen LogP contribution in [0.2, 0.25) is 15.1 Å². The van der Waals surface area contributed by atoms with Gasteiger partial charge in [0.25, 0.3) is 5.91 Å². The normalized spacial score (nSPS) is 12.4. The minimum absolute atomic E-state index is 0.0900. The number of ether oxygens (including phenoxy) is 1. The topological polar surface area (TPSA) is 55.4 Å². The predicted octanol–water partition coefficient (Wildman–Crippen LogP) is 5.78. The Labute approximate surface area is 173 Å². The van der Waals surface area contributed by atoms with Crippen LogP contribution in [0.1, 0.15) is 18.1 Å². The van der Waals surface area contributed by atoms with Gasteiger partial charge in [-0.25, -0.2) is 0 Å². The molecule has 2 aromatic carbocycles. The van der Waals surface area contributed by atoms with Gasteiger partial charge in [-0.05, 0) is 42.8 Å². The number of esters is 1. The van der Waals surface area contributed by atoms with Crippen molar-refractivity contribution in [3.63, 3.8) is 0 Å². The van der Waals surface area contributed by atoms with E-state index in [9.17, 15) is 22.8 Å². The molecule has 28 heavy (non-hydrogen) atoms. The maximum atomic E-state index is 12.8. The first-order chi connectivity index (χ1) is 13.0. The molecule has 2 rings (SSSR count). The van der Waals surface area contributed by atoms with E-state index in [1.54, 1.807) is 12.1 Å². The van der Waals surface area contributed by atoms with E-state index in [4.69, 9.17) is 39.5 Å². The van der Waals surface area contributed by atoms with Crippen LogP contribution in [0.4, 0.5) is 18.9 Å². The van der Waals surface area contributed by atoms with Crippen molar-refractivity contribution in [3.05, 3.63) is 62.6 Å². The van der Waals surface area contributed by atoms with Gasteiger partial charge in [0.2, 0.25) is 0 Å². The van der Waals surface area contributed by atoms with Crippen LogP contribution in [-0.4, -0.2) is 18.0 Å². The number of rotatable bonds is 5. The average Bonchev–Trinajstić information content (AvgIpc) is 2.58. The number of anilines is 1. The van der Waals surface area contributed by atoms with Gasteiger partial charge in [0.1, 0.15) is 0 Å². The van der Waals surface area contributed by atoms with E-state index in [0.29, 0.717) is 16.7 Å². The van der Waals surface area contributed by atoms with Gasteiger partial charge in [-0.3, -0.25) is 9.59 Å². The molecule has 2 aromatic rings. The second-order valence-electron chi connectivity index (χ2n) is 5.73. The molecule has 0 aliphatic heterocycles. The number of hydrogen-bond acceptors (Lipinski definition) is 3. The minimum Gasteiger partial charge on any atom is -0.452 e. The summed E-state index contributed by atoms with van der Waals surface area (Å²) < 4.78 is 43.4. The summed E-state index contributed by atoms with van der Waals surface area (Å²) in [6.07, 6.45) is -6.08. The van der Waals surface area contributed by atoms with Gasteiger partial charge in [0.15, 0.2) is 6.10 Å². The van der Waals surface area contributed by atoms with Crippen molar-refractivity contribution in [1.82, 2.24) is 0 Å². The fourth-order valence-corrected chi connectivity index (χ4v) is 2.78. The summed E-state index contributed by atoms with van der Waals surface area (Å²) in [5, 5.41) is 2.79. The van der Waals surface area contributed by atoms with Gasteiger partial charge in [0.05, 0.1) is 22.7 Å². The highest BCUT2D eigenvalue weighted by molar-refractivity contribution is 6.35. The van der Waals surface area contributed by atoms with Gasteiger partial charge in [-0.1, -0.05) is 40.9 Å². The van der Waals surface area contributed by atoms with E-state index in [2.05, 4.69) is 5.32 Å². The summed E-state index contributed by atoms with van der Waals surface area (Å²) in [7, 11) is 0. The Morgan fingerprint density at radius 2 is 1.75 bits per heavy atom. The number of carbonyl (C=O) groups is 2. The van der Waals surface area contributed by atoms with Crippen LogP contribution in [0, 0.1) is 0 Å². The Bertz CT molecular complexity index is 903. The third-order valence-corrected chi connectivity index (χ3v) is 4.50. The molecule has 0 unspecified atom stereocenters. The largest absolute Gasteiger partial charge is 0.452 e. The molecule has 0 spiro atoms. The van der Waals surface area contributed by atoms with E-state index >= 15 is 0 Å². The predicted molar refractivity (Wildman–Crippen MR) is 101 cm³/mol. The third kappa shape index (κ3) is 6.02. The Morgan fingerprint density at radius 1 is 1.07 bits per heavy atom. The van der Waals surface area contributed by atoms with Crippen LogP contribution in [0.25, 0.3) is 0 Å². The molecule has 4 nitrogen and oxygen atoms in total. The molecule has 0 aliphatic rings. The molecule has 0 aromatic heterocycles. The third-order valence-electron chi connectivity index (χ3n) is 3.58. The second-order valence-corrected chi connectivity index (χ2v) is 6.98. The molecule has 1 N–H and O–H groups in total. The van der Waals surface area contributed by atoms with Crippen LogP contribution < -0.4 is 5.32 Å². The lowest BCUT2D eigenvalue weighted by molar-refractivity contribution is -0.152. The van der Waals surface area contributed by atoms with E-state index in [0.717, 1.165) is 12.1 Å². The van der Waals surface area contributed by atoms with Crippen molar-refractivity contribution in [3.8, 4) is 0 Å². The zero-order valence-corrected chi connectivity index (χ0v) is 16.5. The second kappa shape index (κ2) is 9.03. The summed E-state index contributed by atoms with van der Waals surface area (Å²) in [5.41, 5.74) is -0.774. The molecule has 0 heterocycles.